The first-order chi connectivity index (χ1) is 18.2. The summed E-state index contributed by atoms with van der Waals surface area (Å²) in [4.78, 5) is 42.4. The molecule has 1 aliphatic rings. The van der Waals surface area contributed by atoms with Crippen molar-refractivity contribution >= 4 is 52.6 Å². The van der Waals surface area contributed by atoms with E-state index in [-0.39, 0.29) is 28.7 Å². The van der Waals surface area contributed by atoms with Crippen molar-refractivity contribution in [3.05, 3.63) is 88.5 Å². The molecule has 4 rings (SSSR count). The number of aliphatic carboxylic acids is 1. The summed E-state index contributed by atoms with van der Waals surface area (Å²) in [5.41, 5.74) is 1.28. The number of allylic oxidation sites excluding steroid dienone is 1. The lowest BCUT2D eigenvalue weighted by Crippen LogP contribution is -2.40. The lowest BCUT2D eigenvalue weighted by Gasteiger charge is -2.25. The van der Waals surface area contributed by atoms with Crippen molar-refractivity contribution in [3.63, 3.8) is 0 Å². The molecule has 1 aliphatic heterocycles. The van der Waals surface area contributed by atoms with Crippen LogP contribution in [0.4, 0.5) is 0 Å². The summed E-state index contributed by atoms with van der Waals surface area (Å²) >= 11 is 14.0. The number of carboxylic acid groups (broad SMARTS) is 1. The van der Waals surface area contributed by atoms with Gasteiger partial charge in [0.1, 0.15) is 12.6 Å². The number of hydrogen-bond donors (Lipinski definition) is 0. The zero-order chi connectivity index (χ0) is 27.6. The van der Waals surface area contributed by atoms with E-state index in [1.165, 1.54) is 17.7 Å². The zero-order valence-corrected chi connectivity index (χ0v) is 22.8. The fourth-order valence-corrected chi connectivity index (χ4v) is 5.59. The van der Waals surface area contributed by atoms with E-state index < -0.39 is 30.1 Å². The number of ether oxygens (including phenoxy) is 3. The monoisotopic (exact) mass is 575 g/mol. The fourth-order valence-electron chi connectivity index (χ4n) is 4.03. The van der Waals surface area contributed by atoms with Crippen molar-refractivity contribution in [2.24, 2.45) is 4.99 Å². The first kappa shape index (κ1) is 27.4. The molecule has 0 aliphatic carbocycles. The predicted octanol–water partition coefficient (Wildman–Crippen LogP) is 2.24. The zero-order valence-electron chi connectivity index (χ0n) is 20.4. The average Bonchev–Trinajstić information content (AvgIpc) is 3.16. The Kier molecular flexibility index (Phi) is 8.25. The number of carbonyl (C=O) groups is 2. The fraction of sp³-hybridized carbons (Fsp3) is 0.231. The van der Waals surface area contributed by atoms with Crippen LogP contribution in [0.3, 0.4) is 0 Å². The second kappa shape index (κ2) is 11.4. The number of thiazole rings is 1. The maximum atomic E-state index is 13.7. The molecule has 3 aromatic rings. The van der Waals surface area contributed by atoms with Gasteiger partial charge in [0.25, 0.3) is 5.56 Å². The summed E-state index contributed by atoms with van der Waals surface area (Å²) in [6.07, 6.45) is 1.59. The van der Waals surface area contributed by atoms with Crippen LogP contribution >= 0.6 is 34.5 Å². The molecule has 12 heteroatoms. The quantitative estimate of drug-likeness (QED) is 0.378. The molecule has 0 fully saturated rings. The van der Waals surface area contributed by atoms with E-state index in [0.29, 0.717) is 31.2 Å². The minimum absolute atomic E-state index is 0.0328. The van der Waals surface area contributed by atoms with Crippen LogP contribution in [0, 0.1) is 0 Å². The van der Waals surface area contributed by atoms with Crippen molar-refractivity contribution in [2.75, 3.05) is 20.3 Å². The molecule has 9 nitrogen and oxygen atoms in total. The second-order valence-electron chi connectivity index (χ2n) is 8.02. The molecule has 0 radical (unpaired) electrons. The first-order valence-corrected chi connectivity index (χ1v) is 12.9. The lowest BCUT2D eigenvalue weighted by atomic mass is 9.96. The number of nitrogens with zero attached hydrogens (tertiary/aromatic N) is 2. The van der Waals surface area contributed by atoms with Gasteiger partial charge in [-0.2, -0.15) is 0 Å². The molecule has 1 aromatic heterocycles. The number of esters is 1. The van der Waals surface area contributed by atoms with Crippen LogP contribution in [-0.4, -0.2) is 36.8 Å². The summed E-state index contributed by atoms with van der Waals surface area (Å²) < 4.78 is 17.5. The molecule has 0 amide bonds. The molecule has 1 atom stereocenters. The summed E-state index contributed by atoms with van der Waals surface area (Å²) in [5, 5.41) is 11.3. The molecule has 2 heterocycles. The second-order valence-corrected chi connectivity index (χ2v) is 9.84. The number of fused-ring (bicyclic) bond motifs is 1. The number of halogens is 2. The van der Waals surface area contributed by atoms with E-state index in [9.17, 15) is 19.5 Å². The van der Waals surface area contributed by atoms with E-state index in [4.69, 9.17) is 37.4 Å². The molecule has 198 valence electrons. The molecule has 0 saturated heterocycles. The van der Waals surface area contributed by atoms with E-state index >= 15 is 0 Å². The van der Waals surface area contributed by atoms with Gasteiger partial charge >= 0.3 is 5.97 Å². The first-order valence-electron chi connectivity index (χ1n) is 11.3. The van der Waals surface area contributed by atoms with Crippen LogP contribution in [0.1, 0.15) is 31.0 Å². The smallest absolute Gasteiger partial charge is 0.338 e. The highest BCUT2D eigenvalue weighted by atomic mass is 35.5. The van der Waals surface area contributed by atoms with E-state index in [1.54, 1.807) is 50.3 Å². The van der Waals surface area contributed by atoms with Crippen molar-refractivity contribution in [2.45, 2.75) is 19.9 Å². The van der Waals surface area contributed by atoms with Gasteiger partial charge < -0.3 is 24.1 Å². The van der Waals surface area contributed by atoms with E-state index in [0.717, 1.165) is 11.3 Å². The van der Waals surface area contributed by atoms with Crippen LogP contribution in [0.5, 0.6) is 11.5 Å². The van der Waals surface area contributed by atoms with Crippen LogP contribution in [-0.2, 0) is 14.3 Å². The van der Waals surface area contributed by atoms with Gasteiger partial charge in [-0.3, -0.25) is 9.36 Å². The lowest BCUT2D eigenvalue weighted by molar-refractivity contribution is -0.307. The Bertz CT molecular complexity index is 1640. The van der Waals surface area contributed by atoms with Gasteiger partial charge in [-0.25, -0.2) is 9.79 Å². The number of aromatic nitrogens is 1. The van der Waals surface area contributed by atoms with Crippen molar-refractivity contribution < 1.29 is 28.9 Å². The summed E-state index contributed by atoms with van der Waals surface area (Å²) in [5.74, 6) is -1.80. The van der Waals surface area contributed by atoms with Gasteiger partial charge in [0.05, 0.1) is 40.5 Å². The number of carboxylic acids is 1. The Morgan fingerprint density at radius 1 is 1.21 bits per heavy atom. The number of carbonyl (C=O) groups excluding carboxylic acids is 2. The molecule has 0 spiro atoms. The van der Waals surface area contributed by atoms with Crippen LogP contribution in [0.2, 0.25) is 10.0 Å². The largest absolute Gasteiger partial charge is 0.546 e. The molecule has 0 N–H and O–H groups in total. The van der Waals surface area contributed by atoms with Gasteiger partial charge in [0.2, 0.25) is 0 Å². The average molecular weight is 576 g/mol. The summed E-state index contributed by atoms with van der Waals surface area (Å²) in [6, 6.07) is 9.17. The van der Waals surface area contributed by atoms with Gasteiger partial charge in [-0.1, -0.05) is 52.7 Å². The Morgan fingerprint density at radius 2 is 1.95 bits per heavy atom. The van der Waals surface area contributed by atoms with Crippen molar-refractivity contribution in [1.29, 1.82) is 0 Å². The third kappa shape index (κ3) is 5.33. The molecule has 0 bridgehead atoms. The SMILES string of the molecule is CCOC(=O)C1=C(C)N=c2s/c(=C\c3cc(Cl)c(OCC(=O)[O-])c(OC)c3)c(=O)n2[C@@H]1c1ccccc1Cl. The summed E-state index contributed by atoms with van der Waals surface area (Å²) in [7, 11) is 1.37. The molecular weight excluding hydrogens is 555 g/mol. The van der Waals surface area contributed by atoms with Crippen molar-refractivity contribution in [3.8, 4) is 11.5 Å². The minimum atomic E-state index is -1.42. The maximum Gasteiger partial charge on any atom is 0.338 e. The predicted molar refractivity (Wildman–Crippen MR) is 140 cm³/mol. The Hall–Kier alpha value is -3.60. The topological polar surface area (TPSA) is 119 Å². The standard InChI is InChI=1S/C26H22Cl2N2O7S/c1-4-36-25(34)21-13(2)29-26-30(22(21)15-7-5-6-8-16(15)27)24(33)19(38-26)11-14-9-17(28)23(18(10-14)35-3)37-12-20(31)32/h5-11,22H,4,12H2,1-3H3,(H,31,32)/p-1/b19-11-/t22-/m1/s1. The molecule has 2 aromatic carbocycles. The normalized spacial score (nSPS) is 15.1. The molecular formula is C26H21Cl2N2O7S-. The molecule has 0 unspecified atom stereocenters. The molecule has 0 saturated carbocycles. The van der Waals surface area contributed by atoms with Crippen molar-refractivity contribution in [1.82, 2.24) is 4.57 Å². The Morgan fingerprint density at radius 3 is 2.61 bits per heavy atom. The van der Waals surface area contributed by atoms with Gasteiger partial charge in [0.15, 0.2) is 16.3 Å². The van der Waals surface area contributed by atoms with Gasteiger partial charge in [-0.05, 0) is 49.2 Å². The highest BCUT2D eigenvalue weighted by Gasteiger charge is 2.34. The van der Waals surface area contributed by atoms with Crippen LogP contribution in [0.15, 0.2) is 57.5 Å². The van der Waals surface area contributed by atoms with E-state index in [2.05, 4.69) is 4.99 Å². The van der Waals surface area contributed by atoms with Gasteiger partial charge in [0, 0.05) is 5.02 Å². The number of benzene rings is 2. The number of hydrogen-bond acceptors (Lipinski definition) is 9. The third-order valence-electron chi connectivity index (χ3n) is 5.60. The highest BCUT2D eigenvalue weighted by molar-refractivity contribution is 7.07. The number of rotatable bonds is 8. The summed E-state index contributed by atoms with van der Waals surface area (Å²) in [6.45, 7) is 2.82. The number of methoxy groups -OCH3 is 1. The Balaban J connectivity index is 1.90. The third-order valence-corrected chi connectivity index (χ3v) is 7.21. The maximum absolute atomic E-state index is 13.7. The molecule has 38 heavy (non-hydrogen) atoms. The Labute approximate surface area is 230 Å². The van der Waals surface area contributed by atoms with Crippen LogP contribution < -0.4 is 29.5 Å². The highest BCUT2D eigenvalue weighted by Crippen LogP contribution is 2.37. The van der Waals surface area contributed by atoms with Crippen LogP contribution in [0.25, 0.3) is 6.08 Å². The minimum Gasteiger partial charge on any atom is -0.546 e. The van der Waals surface area contributed by atoms with Gasteiger partial charge in [-0.15, -0.1) is 0 Å². The van der Waals surface area contributed by atoms with E-state index in [1.807, 2.05) is 0 Å².